The molecule has 22 heavy (non-hydrogen) atoms. The lowest BCUT2D eigenvalue weighted by molar-refractivity contribution is -0.120. The van der Waals surface area contributed by atoms with E-state index in [2.05, 4.69) is 24.4 Å². The summed E-state index contributed by atoms with van der Waals surface area (Å²) in [5.74, 6) is 0.0969. The van der Waals surface area contributed by atoms with E-state index in [0.717, 1.165) is 42.3 Å². The van der Waals surface area contributed by atoms with Crippen LogP contribution in [0.3, 0.4) is 0 Å². The summed E-state index contributed by atoms with van der Waals surface area (Å²) < 4.78 is 5.65. The summed E-state index contributed by atoms with van der Waals surface area (Å²) in [6.07, 6.45) is 10.4. The van der Waals surface area contributed by atoms with E-state index >= 15 is 0 Å². The van der Waals surface area contributed by atoms with Crippen molar-refractivity contribution in [1.82, 2.24) is 5.32 Å². The molecule has 1 aromatic heterocycles. The summed E-state index contributed by atoms with van der Waals surface area (Å²) in [6, 6.07) is 4.38. The Morgan fingerprint density at radius 1 is 1.18 bits per heavy atom. The van der Waals surface area contributed by atoms with Gasteiger partial charge in [0.05, 0.1) is 12.7 Å². The highest BCUT2D eigenvalue weighted by Crippen LogP contribution is 2.30. The molecule has 0 fully saturated rings. The van der Waals surface area contributed by atoms with Crippen molar-refractivity contribution in [3.8, 4) is 0 Å². The first-order chi connectivity index (χ1) is 10.8. The minimum atomic E-state index is 0.0969. The second-order valence-electron chi connectivity index (χ2n) is 6.32. The molecule has 0 bridgehead atoms. The summed E-state index contributed by atoms with van der Waals surface area (Å²) in [4.78, 5) is 12.1. The molecule has 0 saturated carbocycles. The lowest BCUT2D eigenvalue weighted by Crippen LogP contribution is -2.25. The fraction of sp³-hybridized carbons (Fsp3) is 0.526. The van der Waals surface area contributed by atoms with Crippen LogP contribution in [0.1, 0.15) is 55.7 Å². The monoisotopic (exact) mass is 299 g/mol. The Morgan fingerprint density at radius 3 is 2.82 bits per heavy atom. The zero-order chi connectivity index (χ0) is 15.4. The van der Waals surface area contributed by atoms with Gasteiger partial charge in [0, 0.05) is 17.5 Å². The van der Waals surface area contributed by atoms with Crippen LogP contribution < -0.4 is 5.32 Å². The van der Waals surface area contributed by atoms with E-state index in [1.54, 1.807) is 6.26 Å². The number of rotatable bonds is 7. The maximum absolute atomic E-state index is 12.1. The fourth-order valence-corrected chi connectivity index (χ4v) is 3.30. The van der Waals surface area contributed by atoms with Gasteiger partial charge in [0.25, 0.3) is 0 Å². The summed E-state index contributed by atoms with van der Waals surface area (Å²) in [5, 5.41) is 4.13. The van der Waals surface area contributed by atoms with Crippen molar-refractivity contribution in [1.29, 1.82) is 0 Å². The molecule has 1 aliphatic rings. The number of hydrogen-bond donors (Lipinski definition) is 1. The number of aryl methyl sites for hydroxylation is 2. The first kappa shape index (κ1) is 15.1. The summed E-state index contributed by atoms with van der Waals surface area (Å²) in [5.41, 5.74) is 4.77. The van der Waals surface area contributed by atoms with E-state index in [1.165, 1.54) is 36.8 Å². The van der Waals surface area contributed by atoms with Gasteiger partial charge < -0.3 is 9.73 Å². The number of carbonyl (C=O) groups is 1. The highest BCUT2D eigenvalue weighted by atomic mass is 16.3. The zero-order valence-corrected chi connectivity index (χ0v) is 13.4. The molecule has 0 atom stereocenters. The van der Waals surface area contributed by atoms with Gasteiger partial charge in [0.15, 0.2) is 0 Å². The normalized spacial score (nSPS) is 13.5. The molecular weight excluding hydrogens is 274 g/mol. The van der Waals surface area contributed by atoms with Crippen LogP contribution in [0.15, 0.2) is 22.8 Å². The Labute approximate surface area is 132 Å². The molecule has 1 amide bonds. The predicted molar refractivity (Wildman–Crippen MR) is 89.1 cm³/mol. The molecule has 3 heteroatoms. The smallest absolute Gasteiger partial charge is 0.224 e. The van der Waals surface area contributed by atoms with Crippen molar-refractivity contribution in [2.45, 2.75) is 58.3 Å². The second kappa shape index (κ2) is 6.99. The minimum Gasteiger partial charge on any atom is -0.464 e. The quantitative estimate of drug-likeness (QED) is 0.780. The van der Waals surface area contributed by atoms with Gasteiger partial charge in [-0.15, -0.1) is 0 Å². The third-order valence-electron chi connectivity index (χ3n) is 4.57. The third-order valence-corrected chi connectivity index (χ3v) is 4.57. The van der Waals surface area contributed by atoms with E-state index in [-0.39, 0.29) is 5.91 Å². The predicted octanol–water partition coefficient (Wildman–Crippen LogP) is 4.16. The van der Waals surface area contributed by atoms with Gasteiger partial charge in [-0.2, -0.15) is 0 Å². The summed E-state index contributed by atoms with van der Waals surface area (Å²) >= 11 is 0. The van der Waals surface area contributed by atoms with Gasteiger partial charge in [-0.1, -0.05) is 26.2 Å². The van der Waals surface area contributed by atoms with Crippen molar-refractivity contribution in [3.05, 3.63) is 35.1 Å². The molecule has 1 heterocycles. The standard InChI is InChI=1S/C19H25NO2/c1-2-3-4-5-9-20-19(21)12-16-13-22-18-11-15-8-6-7-14(15)10-17(16)18/h10-11,13H,2-9,12H2,1H3,(H,20,21). The topological polar surface area (TPSA) is 42.2 Å². The molecule has 0 unspecified atom stereocenters. The lowest BCUT2D eigenvalue weighted by atomic mass is 10.0. The number of benzene rings is 1. The lowest BCUT2D eigenvalue weighted by Gasteiger charge is -2.04. The Hall–Kier alpha value is -1.77. The van der Waals surface area contributed by atoms with Crippen molar-refractivity contribution < 1.29 is 9.21 Å². The van der Waals surface area contributed by atoms with Crippen molar-refractivity contribution >= 4 is 16.9 Å². The molecule has 118 valence electrons. The first-order valence-corrected chi connectivity index (χ1v) is 8.56. The molecule has 0 saturated heterocycles. The number of hydrogen-bond acceptors (Lipinski definition) is 2. The second-order valence-corrected chi connectivity index (χ2v) is 6.32. The molecular formula is C19H25NO2. The van der Waals surface area contributed by atoms with Gasteiger partial charge >= 0.3 is 0 Å². The highest BCUT2D eigenvalue weighted by Gasteiger charge is 2.16. The van der Waals surface area contributed by atoms with Crippen molar-refractivity contribution in [2.75, 3.05) is 6.54 Å². The number of carbonyl (C=O) groups excluding carboxylic acids is 1. The molecule has 1 aliphatic carbocycles. The van der Waals surface area contributed by atoms with Crippen LogP contribution in [0.2, 0.25) is 0 Å². The van der Waals surface area contributed by atoms with Gasteiger partial charge in [-0.25, -0.2) is 0 Å². The molecule has 3 rings (SSSR count). The van der Waals surface area contributed by atoms with Gasteiger partial charge in [-0.05, 0) is 48.9 Å². The fourth-order valence-electron chi connectivity index (χ4n) is 3.30. The molecule has 0 radical (unpaired) electrons. The number of furan rings is 1. The number of nitrogens with one attached hydrogen (secondary N) is 1. The average molecular weight is 299 g/mol. The van der Waals surface area contributed by atoms with Crippen LogP contribution in [0.5, 0.6) is 0 Å². The van der Waals surface area contributed by atoms with Gasteiger partial charge in [0.1, 0.15) is 5.58 Å². The first-order valence-electron chi connectivity index (χ1n) is 8.56. The van der Waals surface area contributed by atoms with Crippen LogP contribution in [-0.2, 0) is 24.1 Å². The maximum atomic E-state index is 12.1. The summed E-state index contributed by atoms with van der Waals surface area (Å²) in [6.45, 7) is 2.98. The van der Waals surface area contributed by atoms with E-state index in [4.69, 9.17) is 4.42 Å². The number of unbranched alkanes of at least 4 members (excludes halogenated alkanes) is 3. The molecule has 3 nitrogen and oxygen atoms in total. The van der Waals surface area contributed by atoms with Crippen LogP contribution in [0.25, 0.3) is 11.0 Å². The van der Waals surface area contributed by atoms with Crippen LogP contribution in [-0.4, -0.2) is 12.5 Å². The Kier molecular flexibility index (Phi) is 4.81. The molecule has 2 aromatic rings. The van der Waals surface area contributed by atoms with E-state index in [9.17, 15) is 4.79 Å². The zero-order valence-electron chi connectivity index (χ0n) is 13.4. The Morgan fingerprint density at radius 2 is 2.00 bits per heavy atom. The van der Waals surface area contributed by atoms with Crippen molar-refractivity contribution in [2.24, 2.45) is 0 Å². The third kappa shape index (κ3) is 3.34. The van der Waals surface area contributed by atoms with Crippen molar-refractivity contribution in [3.63, 3.8) is 0 Å². The molecule has 1 N–H and O–H groups in total. The molecule has 0 aliphatic heterocycles. The largest absolute Gasteiger partial charge is 0.464 e. The van der Waals surface area contributed by atoms with Gasteiger partial charge in [0.2, 0.25) is 5.91 Å². The van der Waals surface area contributed by atoms with E-state index < -0.39 is 0 Å². The summed E-state index contributed by atoms with van der Waals surface area (Å²) in [7, 11) is 0. The van der Waals surface area contributed by atoms with E-state index in [0.29, 0.717) is 6.42 Å². The van der Waals surface area contributed by atoms with Crippen LogP contribution in [0, 0.1) is 0 Å². The Balaban J connectivity index is 1.60. The minimum absolute atomic E-state index is 0.0969. The number of amides is 1. The number of fused-ring (bicyclic) bond motifs is 2. The highest BCUT2D eigenvalue weighted by molar-refractivity contribution is 5.88. The van der Waals surface area contributed by atoms with Crippen LogP contribution >= 0.6 is 0 Å². The van der Waals surface area contributed by atoms with Gasteiger partial charge in [-0.3, -0.25) is 4.79 Å². The molecule has 1 aromatic carbocycles. The SMILES string of the molecule is CCCCCCNC(=O)Cc1coc2cc3c(cc12)CCC3. The maximum Gasteiger partial charge on any atom is 0.224 e. The average Bonchev–Trinajstić information content (AvgIpc) is 3.12. The van der Waals surface area contributed by atoms with Crippen LogP contribution in [0.4, 0.5) is 0 Å². The van der Waals surface area contributed by atoms with E-state index in [1.807, 2.05) is 0 Å². The Bertz CT molecular complexity index is 657. The molecule has 0 spiro atoms.